The van der Waals surface area contributed by atoms with Gasteiger partial charge in [0.1, 0.15) is 5.75 Å². The monoisotopic (exact) mass is 288 g/mol. The van der Waals surface area contributed by atoms with Crippen molar-refractivity contribution in [1.82, 2.24) is 4.90 Å². The van der Waals surface area contributed by atoms with Crippen LogP contribution in [0.15, 0.2) is 24.3 Å². The van der Waals surface area contributed by atoms with Crippen LogP contribution in [0.5, 0.6) is 5.75 Å². The maximum absolute atomic E-state index is 12.5. The maximum atomic E-state index is 12.5. The number of amides is 1. The molecule has 21 heavy (non-hydrogen) atoms. The molecule has 4 nitrogen and oxygen atoms in total. The summed E-state index contributed by atoms with van der Waals surface area (Å²) in [6.45, 7) is 1.42. The van der Waals surface area contributed by atoms with E-state index < -0.39 is 0 Å². The number of hydrogen-bond donors (Lipinski definition) is 1. The molecule has 2 unspecified atom stereocenters. The molecule has 0 spiro atoms. The van der Waals surface area contributed by atoms with Crippen molar-refractivity contribution in [1.29, 1.82) is 0 Å². The molecule has 1 amide bonds. The maximum Gasteiger partial charge on any atom is 0.225 e. The van der Waals surface area contributed by atoms with E-state index in [1.807, 2.05) is 23.1 Å². The normalized spacial score (nSPS) is 26.3. The number of ether oxygens (including phenoxy) is 1. The summed E-state index contributed by atoms with van der Waals surface area (Å²) in [5.41, 5.74) is 7.46. The van der Waals surface area contributed by atoms with E-state index in [9.17, 15) is 4.79 Å². The first-order valence-electron chi connectivity index (χ1n) is 7.87. The van der Waals surface area contributed by atoms with Crippen LogP contribution >= 0.6 is 0 Å². The second kappa shape index (κ2) is 6.06. The van der Waals surface area contributed by atoms with Crippen molar-refractivity contribution >= 4 is 5.91 Å². The number of nitrogens with two attached hydrogens (primary N) is 1. The van der Waals surface area contributed by atoms with Gasteiger partial charge in [0.05, 0.1) is 7.11 Å². The van der Waals surface area contributed by atoms with Crippen molar-refractivity contribution in [2.45, 2.75) is 37.6 Å². The predicted molar refractivity (Wildman–Crippen MR) is 82.2 cm³/mol. The zero-order chi connectivity index (χ0) is 14.8. The Balaban J connectivity index is 1.71. The van der Waals surface area contributed by atoms with Gasteiger partial charge in [0.25, 0.3) is 0 Å². The van der Waals surface area contributed by atoms with Crippen LogP contribution in [0, 0.1) is 5.92 Å². The highest BCUT2D eigenvalue weighted by molar-refractivity contribution is 5.79. The number of methoxy groups -OCH3 is 1. The SMILES string of the molecule is COc1cccc(C2CN(C(=O)C3CCCC3)CC2N)c1. The lowest BCUT2D eigenvalue weighted by atomic mass is 9.95. The molecule has 4 heteroatoms. The highest BCUT2D eigenvalue weighted by Crippen LogP contribution is 2.32. The summed E-state index contributed by atoms with van der Waals surface area (Å²) in [4.78, 5) is 14.5. The average Bonchev–Trinajstić information content (AvgIpc) is 3.16. The van der Waals surface area contributed by atoms with Crippen LogP contribution in [0.1, 0.15) is 37.2 Å². The Hall–Kier alpha value is -1.55. The van der Waals surface area contributed by atoms with Crippen LogP contribution in [0.2, 0.25) is 0 Å². The van der Waals surface area contributed by atoms with Crippen LogP contribution in [0.4, 0.5) is 0 Å². The molecular formula is C17H24N2O2. The van der Waals surface area contributed by atoms with E-state index in [0.717, 1.165) is 25.1 Å². The first-order valence-corrected chi connectivity index (χ1v) is 7.87. The lowest BCUT2D eigenvalue weighted by molar-refractivity contribution is -0.134. The van der Waals surface area contributed by atoms with Gasteiger partial charge in [-0.25, -0.2) is 0 Å². The van der Waals surface area contributed by atoms with Crippen molar-refractivity contribution < 1.29 is 9.53 Å². The number of carbonyl (C=O) groups is 1. The number of hydrogen-bond acceptors (Lipinski definition) is 3. The smallest absolute Gasteiger partial charge is 0.225 e. The minimum Gasteiger partial charge on any atom is -0.497 e. The molecule has 1 saturated carbocycles. The number of benzene rings is 1. The highest BCUT2D eigenvalue weighted by Gasteiger charge is 2.37. The number of carbonyl (C=O) groups excluding carboxylic acids is 1. The molecule has 3 rings (SSSR count). The summed E-state index contributed by atoms with van der Waals surface area (Å²) in [5, 5.41) is 0. The Labute approximate surface area is 126 Å². The molecule has 0 aromatic heterocycles. The second-order valence-electron chi connectivity index (χ2n) is 6.27. The summed E-state index contributed by atoms with van der Waals surface area (Å²) in [6.07, 6.45) is 4.48. The fourth-order valence-electron chi connectivity index (χ4n) is 3.66. The van der Waals surface area contributed by atoms with Gasteiger partial charge in [0.15, 0.2) is 0 Å². The largest absolute Gasteiger partial charge is 0.497 e. The summed E-state index contributed by atoms with van der Waals surface area (Å²) >= 11 is 0. The predicted octanol–water partition coefficient (Wildman–Crippen LogP) is 2.14. The molecule has 1 aromatic carbocycles. The van der Waals surface area contributed by atoms with Gasteiger partial charge in [-0.1, -0.05) is 25.0 Å². The molecule has 2 fully saturated rings. The van der Waals surface area contributed by atoms with Gasteiger partial charge in [-0.2, -0.15) is 0 Å². The molecule has 0 bridgehead atoms. The van der Waals surface area contributed by atoms with Crippen molar-refractivity contribution in [2.24, 2.45) is 11.7 Å². The topological polar surface area (TPSA) is 55.6 Å². The number of likely N-dealkylation sites (tertiary alicyclic amines) is 1. The van der Waals surface area contributed by atoms with Gasteiger partial charge in [-0.05, 0) is 30.5 Å². The van der Waals surface area contributed by atoms with E-state index in [0.29, 0.717) is 12.5 Å². The Morgan fingerprint density at radius 1 is 1.29 bits per heavy atom. The minimum absolute atomic E-state index is 0.0162. The van der Waals surface area contributed by atoms with Crippen LogP contribution in [-0.4, -0.2) is 37.0 Å². The molecule has 1 heterocycles. The van der Waals surface area contributed by atoms with Gasteiger partial charge in [-0.15, -0.1) is 0 Å². The minimum atomic E-state index is 0.0162. The Bertz CT molecular complexity index is 511. The lowest BCUT2D eigenvalue weighted by Crippen LogP contribution is -2.35. The lowest BCUT2D eigenvalue weighted by Gasteiger charge is -2.20. The van der Waals surface area contributed by atoms with Crippen LogP contribution in [0.3, 0.4) is 0 Å². The quantitative estimate of drug-likeness (QED) is 0.927. The van der Waals surface area contributed by atoms with E-state index >= 15 is 0 Å². The fourth-order valence-corrected chi connectivity index (χ4v) is 3.66. The molecule has 1 aliphatic heterocycles. The Kier molecular flexibility index (Phi) is 4.15. The highest BCUT2D eigenvalue weighted by atomic mass is 16.5. The number of rotatable bonds is 3. The summed E-state index contributed by atoms with van der Waals surface area (Å²) in [7, 11) is 1.67. The summed E-state index contributed by atoms with van der Waals surface area (Å²) < 4.78 is 5.28. The molecule has 2 aliphatic rings. The molecule has 2 N–H and O–H groups in total. The van der Waals surface area contributed by atoms with Crippen molar-refractivity contribution in [3.8, 4) is 5.75 Å². The molecule has 1 saturated heterocycles. The first kappa shape index (κ1) is 14.4. The van der Waals surface area contributed by atoms with E-state index in [2.05, 4.69) is 6.07 Å². The molecular weight excluding hydrogens is 264 g/mol. The number of nitrogens with zero attached hydrogens (tertiary/aromatic N) is 1. The van der Waals surface area contributed by atoms with E-state index in [1.165, 1.54) is 18.4 Å². The molecule has 1 aromatic rings. The first-order chi connectivity index (χ1) is 10.2. The van der Waals surface area contributed by atoms with Crippen LogP contribution in [0.25, 0.3) is 0 Å². The van der Waals surface area contributed by atoms with Crippen LogP contribution in [-0.2, 0) is 4.79 Å². The van der Waals surface area contributed by atoms with Gasteiger partial charge >= 0.3 is 0 Å². The third kappa shape index (κ3) is 2.91. The van der Waals surface area contributed by atoms with Crippen molar-refractivity contribution in [3.05, 3.63) is 29.8 Å². The van der Waals surface area contributed by atoms with E-state index in [4.69, 9.17) is 10.5 Å². The van der Waals surface area contributed by atoms with E-state index in [1.54, 1.807) is 7.11 Å². The standard InChI is InChI=1S/C17H24N2O2/c1-21-14-8-4-7-13(9-14)15-10-19(11-16(15)18)17(20)12-5-2-3-6-12/h4,7-9,12,15-16H,2-3,5-6,10-11,18H2,1H3. The van der Waals surface area contributed by atoms with Gasteiger partial charge in [0, 0.05) is 31.0 Å². The zero-order valence-corrected chi connectivity index (χ0v) is 12.6. The molecule has 1 aliphatic carbocycles. The zero-order valence-electron chi connectivity index (χ0n) is 12.6. The van der Waals surface area contributed by atoms with E-state index in [-0.39, 0.29) is 17.9 Å². The van der Waals surface area contributed by atoms with Gasteiger partial charge < -0.3 is 15.4 Å². The van der Waals surface area contributed by atoms with Gasteiger partial charge in [-0.3, -0.25) is 4.79 Å². The summed E-state index contributed by atoms with van der Waals surface area (Å²) in [6, 6.07) is 8.06. The Morgan fingerprint density at radius 3 is 2.76 bits per heavy atom. The Morgan fingerprint density at radius 2 is 2.05 bits per heavy atom. The van der Waals surface area contributed by atoms with Gasteiger partial charge in [0.2, 0.25) is 5.91 Å². The van der Waals surface area contributed by atoms with Crippen molar-refractivity contribution in [3.63, 3.8) is 0 Å². The average molecular weight is 288 g/mol. The third-order valence-corrected chi connectivity index (χ3v) is 4.90. The fraction of sp³-hybridized carbons (Fsp3) is 0.588. The van der Waals surface area contributed by atoms with Crippen molar-refractivity contribution in [2.75, 3.05) is 20.2 Å². The summed E-state index contributed by atoms with van der Waals surface area (Å²) in [5.74, 6) is 1.61. The molecule has 0 radical (unpaired) electrons. The molecule has 2 atom stereocenters. The second-order valence-corrected chi connectivity index (χ2v) is 6.27. The third-order valence-electron chi connectivity index (χ3n) is 4.90. The van der Waals surface area contributed by atoms with Crippen LogP contribution < -0.4 is 10.5 Å². The molecule has 114 valence electrons.